The quantitative estimate of drug-likeness (QED) is 0.895. The lowest BCUT2D eigenvalue weighted by Crippen LogP contribution is -2.45. The number of carbonyl (C=O) groups excluding carboxylic acids is 1. The highest BCUT2D eigenvalue weighted by Gasteiger charge is 2.33. The van der Waals surface area contributed by atoms with Crippen LogP contribution < -0.4 is 5.32 Å². The normalized spacial score (nSPS) is 27.2. The molecule has 5 heteroatoms. The van der Waals surface area contributed by atoms with Crippen LogP contribution in [-0.2, 0) is 0 Å². The maximum Gasteiger partial charge on any atom is 0.262 e. The monoisotopic (exact) mass is 301 g/mol. The van der Waals surface area contributed by atoms with Crippen molar-refractivity contribution in [2.75, 3.05) is 6.54 Å². The van der Waals surface area contributed by atoms with Crippen LogP contribution >= 0.6 is 22.9 Å². The highest BCUT2D eigenvalue weighted by molar-refractivity contribution is 7.12. The third kappa shape index (κ3) is 3.71. The third-order valence-corrected chi connectivity index (χ3v) is 5.35. The lowest BCUT2D eigenvalue weighted by atomic mass is 9.78. The van der Waals surface area contributed by atoms with Gasteiger partial charge in [0.1, 0.15) is 4.88 Å². The summed E-state index contributed by atoms with van der Waals surface area (Å²) >= 11 is 7.24. The summed E-state index contributed by atoms with van der Waals surface area (Å²) in [7, 11) is 0. The highest BCUT2D eigenvalue weighted by Crippen LogP contribution is 2.33. The van der Waals surface area contributed by atoms with Gasteiger partial charge in [0.05, 0.1) is 10.6 Å². The van der Waals surface area contributed by atoms with Crippen molar-refractivity contribution in [2.45, 2.75) is 44.6 Å². The van der Waals surface area contributed by atoms with Crippen molar-refractivity contribution < 1.29 is 9.90 Å². The Balaban J connectivity index is 1.85. The molecular weight excluding hydrogens is 282 g/mol. The summed E-state index contributed by atoms with van der Waals surface area (Å²) in [6, 6.07) is 1.71. The molecule has 0 radical (unpaired) electrons. The van der Waals surface area contributed by atoms with E-state index in [0.29, 0.717) is 16.4 Å². The Hall–Kier alpha value is -0.580. The zero-order chi connectivity index (χ0) is 13.9. The van der Waals surface area contributed by atoms with Gasteiger partial charge in [-0.05, 0) is 43.0 Å². The van der Waals surface area contributed by atoms with Crippen molar-refractivity contribution in [1.29, 1.82) is 0 Å². The Bertz CT molecular complexity index is 438. The topological polar surface area (TPSA) is 49.3 Å². The fraction of sp³-hybridized carbons (Fsp3) is 0.643. The Morgan fingerprint density at radius 3 is 2.79 bits per heavy atom. The summed E-state index contributed by atoms with van der Waals surface area (Å²) in [6.45, 7) is 2.51. The molecule has 1 amide bonds. The van der Waals surface area contributed by atoms with Crippen LogP contribution in [-0.4, -0.2) is 23.2 Å². The molecule has 0 unspecified atom stereocenters. The second-order valence-electron chi connectivity index (χ2n) is 5.36. The zero-order valence-corrected chi connectivity index (χ0v) is 12.7. The van der Waals surface area contributed by atoms with Gasteiger partial charge in [0.15, 0.2) is 0 Å². The maximum absolute atomic E-state index is 11.9. The molecule has 1 aliphatic carbocycles. The minimum atomic E-state index is -0.745. The fourth-order valence-electron chi connectivity index (χ4n) is 2.58. The van der Waals surface area contributed by atoms with Crippen LogP contribution in [0, 0.1) is 5.92 Å². The van der Waals surface area contributed by atoms with Gasteiger partial charge in [0, 0.05) is 6.54 Å². The fourth-order valence-corrected chi connectivity index (χ4v) is 3.64. The molecule has 0 aromatic carbocycles. The van der Waals surface area contributed by atoms with Gasteiger partial charge in [0.2, 0.25) is 0 Å². The van der Waals surface area contributed by atoms with Crippen LogP contribution in [0.1, 0.15) is 48.7 Å². The molecule has 106 valence electrons. The van der Waals surface area contributed by atoms with Gasteiger partial charge >= 0.3 is 0 Å². The first-order valence-electron chi connectivity index (χ1n) is 6.77. The standard InChI is InChI=1S/C14H20ClNO2S/c1-2-10-3-6-14(18,7-4-10)9-16-13(17)12-11(15)5-8-19-12/h5,8,10,18H,2-4,6-7,9H2,1H3,(H,16,17). The Morgan fingerprint density at radius 1 is 1.58 bits per heavy atom. The van der Waals surface area contributed by atoms with E-state index in [0.717, 1.165) is 31.6 Å². The first-order valence-corrected chi connectivity index (χ1v) is 8.03. The minimum Gasteiger partial charge on any atom is -0.388 e. The Labute approximate surface area is 123 Å². The van der Waals surface area contributed by atoms with E-state index < -0.39 is 5.60 Å². The van der Waals surface area contributed by atoms with Crippen LogP contribution in [0.2, 0.25) is 5.02 Å². The molecule has 0 spiro atoms. The van der Waals surface area contributed by atoms with Crippen LogP contribution in [0.15, 0.2) is 11.4 Å². The van der Waals surface area contributed by atoms with Gasteiger partial charge in [-0.2, -0.15) is 0 Å². The maximum atomic E-state index is 11.9. The van der Waals surface area contributed by atoms with Crippen molar-refractivity contribution in [1.82, 2.24) is 5.32 Å². The van der Waals surface area contributed by atoms with Crippen molar-refractivity contribution in [2.24, 2.45) is 5.92 Å². The molecule has 1 saturated carbocycles. The summed E-state index contributed by atoms with van der Waals surface area (Å²) in [5.74, 6) is 0.536. The molecule has 0 bridgehead atoms. The Morgan fingerprint density at radius 2 is 2.26 bits per heavy atom. The van der Waals surface area contributed by atoms with Gasteiger partial charge in [-0.15, -0.1) is 11.3 Å². The smallest absolute Gasteiger partial charge is 0.262 e. The highest BCUT2D eigenvalue weighted by atomic mass is 35.5. The molecule has 0 atom stereocenters. The van der Waals surface area contributed by atoms with Crippen LogP contribution in [0.4, 0.5) is 0 Å². The van der Waals surface area contributed by atoms with Crippen molar-refractivity contribution in [3.8, 4) is 0 Å². The van der Waals surface area contributed by atoms with Gasteiger partial charge < -0.3 is 10.4 Å². The number of halogens is 1. The summed E-state index contributed by atoms with van der Waals surface area (Å²) in [5, 5.41) is 15.5. The third-order valence-electron chi connectivity index (χ3n) is 4.01. The largest absolute Gasteiger partial charge is 0.388 e. The first kappa shape index (κ1) is 14.8. The average molecular weight is 302 g/mol. The van der Waals surface area contributed by atoms with E-state index in [1.807, 2.05) is 0 Å². The average Bonchev–Trinajstić information content (AvgIpc) is 2.83. The molecule has 3 nitrogen and oxygen atoms in total. The lowest BCUT2D eigenvalue weighted by molar-refractivity contribution is -0.00783. The molecule has 1 aromatic rings. The van der Waals surface area contributed by atoms with Crippen LogP contribution in [0.3, 0.4) is 0 Å². The number of amides is 1. The summed E-state index contributed by atoms with van der Waals surface area (Å²) in [5.41, 5.74) is -0.745. The number of carbonyl (C=O) groups is 1. The number of hydrogen-bond acceptors (Lipinski definition) is 3. The van der Waals surface area contributed by atoms with Gasteiger partial charge in [-0.25, -0.2) is 0 Å². The number of rotatable bonds is 4. The predicted molar refractivity (Wildman–Crippen MR) is 78.9 cm³/mol. The summed E-state index contributed by atoms with van der Waals surface area (Å²) in [4.78, 5) is 12.5. The van der Waals surface area contributed by atoms with E-state index >= 15 is 0 Å². The van der Waals surface area contributed by atoms with Crippen LogP contribution in [0.25, 0.3) is 0 Å². The second-order valence-corrected chi connectivity index (χ2v) is 6.68. The van der Waals surface area contributed by atoms with Crippen molar-refractivity contribution in [3.63, 3.8) is 0 Å². The van der Waals surface area contributed by atoms with E-state index in [2.05, 4.69) is 12.2 Å². The summed E-state index contributed by atoms with van der Waals surface area (Å²) in [6.07, 6.45) is 4.80. The predicted octanol–water partition coefficient (Wildman–Crippen LogP) is 3.46. The summed E-state index contributed by atoms with van der Waals surface area (Å²) < 4.78 is 0. The molecule has 1 aliphatic rings. The zero-order valence-electron chi connectivity index (χ0n) is 11.1. The molecule has 1 heterocycles. The number of aliphatic hydroxyl groups is 1. The molecule has 0 saturated heterocycles. The molecule has 19 heavy (non-hydrogen) atoms. The Kier molecular flexibility index (Phi) is 4.87. The SMILES string of the molecule is CCC1CCC(O)(CNC(=O)c2sccc2Cl)CC1. The van der Waals surface area contributed by atoms with E-state index in [-0.39, 0.29) is 5.91 Å². The van der Waals surface area contributed by atoms with E-state index in [1.165, 1.54) is 17.8 Å². The number of hydrogen-bond donors (Lipinski definition) is 2. The van der Waals surface area contributed by atoms with Crippen LogP contribution in [0.5, 0.6) is 0 Å². The molecule has 0 aliphatic heterocycles. The van der Waals surface area contributed by atoms with E-state index in [1.54, 1.807) is 11.4 Å². The number of thiophene rings is 1. The molecule has 1 aromatic heterocycles. The van der Waals surface area contributed by atoms with Gasteiger partial charge in [-0.3, -0.25) is 4.79 Å². The van der Waals surface area contributed by atoms with E-state index in [9.17, 15) is 9.90 Å². The molecule has 1 fully saturated rings. The minimum absolute atomic E-state index is 0.189. The molecule has 2 N–H and O–H groups in total. The molecular formula is C14H20ClNO2S. The molecule has 2 rings (SSSR count). The van der Waals surface area contributed by atoms with Crippen molar-refractivity contribution in [3.05, 3.63) is 21.3 Å². The number of nitrogens with one attached hydrogen (secondary N) is 1. The van der Waals surface area contributed by atoms with Gasteiger partial charge in [-0.1, -0.05) is 24.9 Å². The van der Waals surface area contributed by atoms with E-state index in [4.69, 9.17) is 11.6 Å². The first-order chi connectivity index (χ1) is 9.04. The van der Waals surface area contributed by atoms with Crippen molar-refractivity contribution >= 4 is 28.8 Å². The second kappa shape index (κ2) is 6.25. The van der Waals surface area contributed by atoms with Gasteiger partial charge in [0.25, 0.3) is 5.91 Å². The lowest BCUT2D eigenvalue weighted by Gasteiger charge is -2.35.